The number of carbonyl (C=O) groups is 1. The summed E-state index contributed by atoms with van der Waals surface area (Å²) in [6.07, 6.45) is 3.13. The molecule has 1 fully saturated rings. The van der Waals surface area contributed by atoms with Crippen LogP contribution in [-0.4, -0.2) is 41.0 Å². The lowest BCUT2D eigenvalue weighted by molar-refractivity contribution is -0.384. The summed E-state index contributed by atoms with van der Waals surface area (Å²) in [6.45, 7) is 1.55. The van der Waals surface area contributed by atoms with Crippen molar-refractivity contribution in [3.05, 3.63) is 76.3 Å². The van der Waals surface area contributed by atoms with Crippen molar-refractivity contribution in [3.63, 3.8) is 0 Å². The third-order valence-electron chi connectivity index (χ3n) is 6.24. The van der Waals surface area contributed by atoms with Crippen LogP contribution in [-0.2, 0) is 0 Å². The summed E-state index contributed by atoms with van der Waals surface area (Å²) in [5.41, 5.74) is 3.64. The van der Waals surface area contributed by atoms with Gasteiger partial charge in [0, 0.05) is 30.3 Å². The number of nitro groups is 1. The average Bonchev–Trinajstić information content (AvgIpc) is 3.33. The quantitative estimate of drug-likeness (QED) is 0.288. The number of piperidine rings is 1. The van der Waals surface area contributed by atoms with Gasteiger partial charge >= 0.3 is 0 Å². The molecule has 0 saturated carbocycles. The number of benzene rings is 3. The Hall–Kier alpha value is -4.40. The number of H-pyrrole nitrogens is 1. The summed E-state index contributed by atoms with van der Waals surface area (Å²) in [6, 6.07) is 17.7. The number of nitrogens with zero attached hydrogens (tertiary/aromatic N) is 3. The number of anilines is 2. The monoisotopic (exact) mass is 471 g/mol. The maximum Gasteiger partial charge on any atom is 0.293 e. The number of aromatic nitrogens is 2. The van der Waals surface area contributed by atoms with Crippen molar-refractivity contribution in [1.29, 1.82) is 0 Å². The number of hydrogen-bond acceptors (Lipinski definition) is 6. The highest BCUT2D eigenvalue weighted by Gasteiger charge is 2.23. The van der Waals surface area contributed by atoms with Crippen LogP contribution in [0.25, 0.3) is 22.4 Å². The fourth-order valence-corrected chi connectivity index (χ4v) is 4.45. The molecule has 1 aliphatic heterocycles. The van der Waals surface area contributed by atoms with E-state index in [1.807, 2.05) is 35.2 Å². The van der Waals surface area contributed by atoms with Crippen LogP contribution in [0.1, 0.15) is 29.6 Å². The van der Waals surface area contributed by atoms with Crippen LogP contribution < -0.4 is 15.0 Å². The normalized spacial score (nSPS) is 13.6. The van der Waals surface area contributed by atoms with Crippen molar-refractivity contribution < 1.29 is 14.5 Å². The van der Waals surface area contributed by atoms with E-state index in [2.05, 4.69) is 15.3 Å². The molecule has 0 bridgehead atoms. The van der Waals surface area contributed by atoms with Crippen LogP contribution in [0.3, 0.4) is 0 Å². The first-order valence-corrected chi connectivity index (χ1v) is 11.5. The largest absolute Gasteiger partial charge is 0.495 e. The van der Waals surface area contributed by atoms with Crippen LogP contribution in [0.15, 0.2) is 60.7 Å². The molecule has 3 aromatic carbocycles. The number of imidazole rings is 1. The third kappa shape index (κ3) is 4.52. The van der Waals surface area contributed by atoms with E-state index in [-0.39, 0.29) is 11.3 Å². The van der Waals surface area contributed by atoms with Gasteiger partial charge in [0.25, 0.3) is 11.6 Å². The minimum absolute atomic E-state index is 0.0671. The molecule has 0 spiro atoms. The lowest BCUT2D eigenvalue weighted by atomic mass is 10.1. The van der Waals surface area contributed by atoms with Gasteiger partial charge in [-0.1, -0.05) is 12.1 Å². The lowest BCUT2D eigenvalue weighted by Gasteiger charge is -2.28. The van der Waals surface area contributed by atoms with Crippen molar-refractivity contribution in [1.82, 2.24) is 9.97 Å². The molecule has 4 aromatic rings. The topological polar surface area (TPSA) is 113 Å². The Bertz CT molecular complexity index is 1380. The summed E-state index contributed by atoms with van der Waals surface area (Å²) in [5.74, 6) is 0.668. The van der Waals surface area contributed by atoms with Gasteiger partial charge in [0.1, 0.15) is 17.3 Å². The summed E-state index contributed by atoms with van der Waals surface area (Å²) in [5, 5.41) is 14.6. The molecule has 0 radical (unpaired) electrons. The van der Waals surface area contributed by atoms with Gasteiger partial charge in [0.2, 0.25) is 0 Å². The number of aromatic amines is 1. The molecule has 35 heavy (non-hydrogen) atoms. The van der Waals surface area contributed by atoms with Crippen molar-refractivity contribution >= 4 is 34.0 Å². The zero-order valence-corrected chi connectivity index (χ0v) is 19.3. The Morgan fingerprint density at radius 1 is 1.09 bits per heavy atom. The predicted octanol–water partition coefficient (Wildman–Crippen LogP) is 5.39. The second-order valence-corrected chi connectivity index (χ2v) is 8.48. The molecule has 1 aromatic heterocycles. The molecule has 2 heterocycles. The maximum atomic E-state index is 13.1. The summed E-state index contributed by atoms with van der Waals surface area (Å²) < 4.78 is 5.43. The maximum absolute atomic E-state index is 13.1. The van der Waals surface area contributed by atoms with E-state index in [0.717, 1.165) is 48.9 Å². The number of ether oxygens (including phenoxy) is 1. The Balaban J connectivity index is 1.44. The van der Waals surface area contributed by atoms with Crippen LogP contribution in [0.4, 0.5) is 17.1 Å². The van der Waals surface area contributed by atoms with Crippen LogP contribution >= 0.6 is 0 Å². The van der Waals surface area contributed by atoms with Crippen molar-refractivity contribution in [2.45, 2.75) is 19.3 Å². The molecule has 1 amide bonds. The first-order chi connectivity index (χ1) is 17.0. The lowest BCUT2D eigenvalue weighted by Crippen LogP contribution is -2.30. The molecular formula is C26H25N5O4. The van der Waals surface area contributed by atoms with E-state index < -0.39 is 10.8 Å². The van der Waals surface area contributed by atoms with E-state index in [0.29, 0.717) is 22.9 Å². The van der Waals surface area contributed by atoms with E-state index in [1.54, 1.807) is 24.3 Å². The summed E-state index contributed by atoms with van der Waals surface area (Å²) >= 11 is 0. The van der Waals surface area contributed by atoms with Crippen LogP contribution in [0.5, 0.6) is 5.75 Å². The van der Waals surface area contributed by atoms with Crippen molar-refractivity contribution in [2.24, 2.45) is 0 Å². The smallest absolute Gasteiger partial charge is 0.293 e. The van der Waals surface area contributed by atoms with E-state index in [9.17, 15) is 14.9 Å². The fraction of sp³-hybridized carbons (Fsp3) is 0.231. The van der Waals surface area contributed by atoms with Crippen LogP contribution in [0.2, 0.25) is 0 Å². The molecule has 2 N–H and O–H groups in total. The van der Waals surface area contributed by atoms with Gasteiger partial charge in [0.15, 0.2) is 0 Å². The number of nitrogens with one attached hydrogen (secondary N) is 2. The van der Waals surface area contributed by atoms with Gasteiger partial charge in [-0.25, -0.2) is 4.98 Å². The number of amides is 1. The summed E-state index contributed by atoms with van der Waals surface area (Å²) in [4.78, 5) is 34.4. The van der Waals surface area contributed by atoms with Gasteiger partial charge in [-0.15, -0.1) is 0 Å². The molecule has 0 aliphatic carbocycles. The first-order valence-electron chi connectivity index (χ1n) is 11.5. The number of nitro benzene ring substituents is 1. The SMILES string of the molecule is COc1ccc(-c2nc3ccccc3[nH]2)cc1NC(=O)c1ccc(N2CCCCC2)c([N+](=O)[O-])c1. The fourth-order valence-electron chi connectivity index (χ4n) is 4.45. The molecule has 5 rings (SSSR count). The standard InChI is InChI=1S/C26H25N5O4/c1-35-24-12-10-17(25-27-19-7-3-4-8-20(19)28-25)15-21(24)29-26(32)18-9-11-22(23(16-18)31(33)34)30-13-5-2-6-14-30/h3-4,7-12,15-16H,2,5-6,13-14H2,1H3,(H,27,28)(H,29,32). The molecule has 9 nitrogen and oxygen atoms in total. The van der Waals surface area contributed by atoms with Crippen LogP contribution in [0, 0.1) is 10.1 Å². The molecule has 0 atom stereocenters. The number of methoxy groups -OCH3 is 1. The molecular weight excluding hydrogens is 446 g/mol. The number of carbonyl (C=O) groups excluding carboxylic acids is 1. The Morgan fingerprint density at radius 2 is 1.89 bits per heavy atom. The highest BCUT2D eigenvalue weighted by Crippen LogP contribution is 2.33. The van der Waals surface area contributed by atoms with E-state index in [4.69, 9.17) is 4.74 Å². The van der Waals surface area contributed by atoms with Gasteiger partial charge in [-0.2, -0.15) is 0 Å². The Kier molecular flexibility index (Phi) is 6.05. The zero-order chi connectivity index (χ0) is 24.4. The van der Waals surface area contributed by atoms with Gasteiger partial charge in [-0.3, -0.25) is 14.9 Å². The Morgan fingerprint density at radius 3 is 2.63 bits per heavy atom. The van der Waals surface area contributed by atoms with Gasteiger partial charge < -0.3 is 19.9 Å². The second kappa shape index (κ2) is 9.46. The van der Waals surface area contributed by atoms with E-state index in [1.165, 1.54) is 13.2 Å². The number of fused-ring (bicyclic) bond motifs is 1. The zero-order valence-electron chi connectivity index (χ0n) is 19.3. The minimum Gasteiger partial charge on any atom is -0.495 e. The van der Waals surface area contributed by atoms with Crippen molar-refractivity contribution in [3.8, 4) is 17.1 Å². The summed E-state index contributed by atoms with van der Waals surface area (Å²) in [7, 11) is 1.52. The van der Waals surface area contributed by atoms with Gasteiger partial charge in [-0.05, 0) is 61.7 Å². The second-order valence-electron chi connectivity index (χ2n) is 8.48. The Labute approximate surface area is 201 Å². The average molecular weight is 472 g/mol. The highest BCUT2D eigenvalue weighted by atomic mass is 16.6. The highest BCUT2D eigenvalue weighted by molar-refractivity contribution is 6.06. The molecule has 1 saturated heterocycles. The third-order valence-corrected chi connectivity index (χ3v) is 6.24. The number of rotatable bonds is 6. The molecule has 0 unspecified atom stereocenters. The minimum atomic E-state index is -0.460. The van der Waals surface area contributed by atoms with Crippen molar-refractivity contribution in [2.75, 3.05) is 30.4 Å². The number of hydrogen-bond donors (Lipinski definition) is 2. The number of para-hydroxylation sites is 2. The first kappa shape index (κ1) is 22.4. The van der Waals surface area contributed by atoms with Gasteiger partial charge in [0.05, 0.1) is 28.8 Å². The molecule has 1 aliphatic rings. The predicted molar refractivity (Wildman–Crippen MR) is 135 cm³/mol. The van der Waals surface area contributed by atoms with E-state index >= 15 is 0 Å². The molecule has 9 heteroatoms. The molecule has 178 valence electrons.